The standard InChI is InChI=1S/C22H28FN5/c1-16(2)10-19-12-24-26-22(19)18-4-3-9-27(15-18)13-17-11-25-28(14-17)21-7-5-20(23)6-8-21/h5-8,11-12,14,16,18H,3-4,9-10,13,15H2,1-2H3,(H,24,26)/t18-/m0/s1. The van der Waals surface area contributed by atoms with Crippen molar-refractivity contribution in [1.82, 2.24) is 24.9 Å². The van der Waals surface area contributed by atoms with Crippen LogP contribution in [0.25, 0.3) is 5.69 Å². The van der Waals surface area contributed by atoms with Gasteiger partial charge in [0.1, 0.15) is 5.82 Å². The van der Waals surface area contributed by atoms with Crippen molar-refractivity contribution >= 4 is 0 Å². The molecule has 1 aliphatic heterocycles. The number of piperidine rings is 1. The largest absolute Gasteiger partial charge is 0.298 e. The average Bonchev–Trinajstić information content (AvgIpc) is 3.32. The van der Waals surface area contributed by atoms with Crippen molar-refractivity contribution in [3.05, 3.63) is 65.5 Å². The number of nitrogens with zero attached hydrogens (tertiary/aromatic N) is 4. The van der Waals surface area contributed by atoms with Crippen LogP contribution in [-0.4, -0.2) is 38.0 Å². The number of aromatic amines is 1. The number of aromatic nitrogens is 4. The van der Waals surface area contributed by atoms with E-state index in [0.29, 0.717) is 11.8 Å². The zero-order valence-corrected chi connectivity index (χ0v) is 16.6. The number of H-pyrrole nitrogens is 1. The summed E-state index contributed by atoms with van der Waals surface area (Å²) in [5, 5.41) is 12.0. The molecule has 148 valence electrons. The Morgan fingerprint density at radius 3 is 2.82 bits per heavy atom. The molecule has 4 rings (SSSR count). The lowest BCUT2D eigenvalue weighted by atomic mass is 9.90. The first-order valence-corrected chi connectivity index (χ1v) is 10.1. The van der Waals surface area contributed by atoms with Crippen molar-refractivity contribution in [1.29, 1.82) is 0 Å². The zero-order valence-electron chi connectivity index (χ0n) is 16.6. The molecule has 3 heterocycles. The van der Waals surface area contributed by atoms with Crippen molar-refractivity contribution in [2.24, 2.45) is 5.92 Å². The maximum absolute atomic E-state index is 13.1. The molecule has 1 N–H and O–H groups in total. The number of hydrogen-bond donors (Lipinski definition) is 1. The number of likely N-dealkylation sites (tertiary alicyclic amines) is 1. The highest BCUT2D eigenvalue weighted by Gasteiger charge is 2.25. The summed E-state index contributed by atoms with van der Waals surface area (Å²) in [4.78, 5) is 2.50. The molecular weight excluding hydrogens is 353 g/mol. The SMILES string of the molecule is CC(C)Cc1cn[nH]c1[C@H]1CCCN(Cc2cnn(-c3ccc(F)cc3)c2)C1. The highest BCUT2D eigenvalue weighted by molar-refractivity contribution is 5.31. The summed E-state index contributed by atoms with van der Waals surface area (Å²) >= 11 is 0. The van der Waals surface area contributed by atoms with Gasteiger partial charge in [-0.3, -0.25) is 10.00 Å². The Bertz CT molecular complexity index is 896. The zero-order chi connectivity index (χ0) is 19.5. The normalized spacial score (nSPS) is 18.1. The predicted molar refractivity (Wildman–Crippen MR) is 108 cm³/mol. The molecule has 6 heteroatoms. The third kappa shape index (κ3) is 4.33. The van der Waals surface area contributed by atoms with E-state index in [1.807, 2.05) is 23.3 Å². The molecule has 1 atom stereocenters. The lowest BCUT2D eigenvalue weighted by Gasteiger charge is -2.32. The third-order valence-electron chi connectivity index (χ3n) is 5.43. The van der Waals surface area contributed by atoms with Crippen LogP contribution in [0.1, 0.15) is 49.4 Å². The highest BCUT2D eigenvalue weighted by atomic mass is 19.1. The fourth-order valence-corrected chi connectivity index (χ4v) is 4.15. The maximum atomic E-state index is 13.1. The molecule has 0 saturated carbocycles. The summed E-state index contributed by atoms with van der Waals surface area (Å²) in [7, 11) is 0. The van der Waals surface area contributed by atoms with Crippen LogP contribution in [0.15, 0.2) is 42.9 Å². The molecule has 0 bridgehead atoms. The minimum absolute atomic E-state index is 0.230. The first-order chi connectivity index (χ1) is 13.6. The Hall–Kier alpha value is -2.47. The van der Waals surface area contributed by atoms with E-state index >= 15 is 0 Å². The summed E-state index contributed by atoms with van der Waals surface area (Å²) < 4.78 is 14.9. The Kier molecular flexibility index (Phi) is 5.57. The fourth-order valence-electron chi connectivity index (χ4n) is 4.15. The Morgan fingerprint density at radius 2 is 2.04 bits per heavy atom. The van der Waals surface area contributed by atoms with Crippen molar-refractivity contribution in [2.75, 3.05) is 13.1 Å². The second-order valence-electron chi connectivity index (χ2n) is 8.25. The van der Waals surface area contributed by atoms with Crippen LogP contribution in [0.2, 0.25) is 0 Å². The van der Waals surface area contributed by atoms with Crippen LogP contribution in [0.5, 0.6) is 0 Å². The van der Waals surface area contributed by atoms with Gasteiger partial charge in [0.25, 0.3) is 0 Å². The van der Waals surface area contributed by atoms with Crippen molar-refractivity contribution < 1.29 is 4.39 Å². The maximum Gasteiger partial charge on any atom is 0.123 e. The first-order valence-electron chi connectivity index (χ1n) is 10.1. The van der Waals surface area contributed by atoms with Gasteiger partial charge in [-0.1, -0.05) is 13.8 Å². The molecule has 3 aromatic rings. The van der Waals surface area contributed by atoms with Crippen LogP contribution >= 0.6 is 0 Å². The van der Waals surface area contributed by atoms with Gasteiger partial charge in [-0.15, -0.1) is 0 Å². The minimum atomic E-state index is -0.230. The van der Waals surface area contributed by atoms with E-state index in [2.05, 4.69) is 34.0 Å². The van der Waals surface area contributed by atoms with E-state index in [1.54, 1.807) is 12.1 Å². The number of rotatable bonds is 6. The average molecular weight is 381 g/mol. The van der Waals surface area contributed by atoms with Crippen LogP contribution in [0.3, 0.4) is 0 Å². The van der Waals surface area contributed by atoms with Crippen LogP contribution in [0.4, 0.5) is 4.39 Å². The highest BCUT2D eigenvalue weighted by Crippen LogP contribution is 2.29. The molecule has 28 heavy (non-hydrogen) atoms. The van der Waals surface area contributed by atoms with Gasteiger partial charge in [-0.2, -0.15) is 10.2 Å². The number of hydrogen-bond acceptors (Lipinski definition) is 3. The molecule has 1 aliphatic rings. The summed E-state index contributed by atoms with van der Waals surface area (Å²) in [6.07, 6.45) is 9.42. The van der Waals surface area contributed by atoms with Gasteiger partial charge in [0, 0.05) is 36.5 Å². The summed E-state index contributed by atoms with van der Waals surface area (Å²) in [5.74, 6) is 0.914. The van der Waals surface area contributed by atoms with Crippen LogP contribution in [-0.2, 0) is 13.0 Å². The van der Waals surface area contributed by atoms with Gasteiger partial charge in [0.15, 0.2) is 0 Å². The van der Waals surface area contributed by atoms with E-state index in [0.717, 1.165) is 31.7 Å². The van der Waals surface area contributed by atoms with Gasteiger partial charge in [-0.05, 0) is 61.6 Å². The lowest BCUT2D eigenvalue weighted by Crippen LogP contribution is -2.34. The van der Waals surface area contributed by atoms with Gasteiger partial charge >= 0.3 is 0 Å². The third-order valence-corrected chi connectivity index (χ3v) is 5.43. The van der Waals surface area contributed by atoms with Crippen molar-refractivity contribution in [3.63, 3.8) is 0 Å². The van der Waals surface area contributed by atoms with E-state index in [4.69, 9.17) is 0 Å². The first kappa shape index (κ1) is 18.9. The minimum Gasteiger partial charge on any atom is -0.298 e. The Balaban J connectivity index is 1.42. The lowest BCUT2D eigenvalue weighted by molar-refractivity contribution is 0.198. The summed E-state index contributed by atoms with van der Waals surface area (Å²) in [6, 6.07) is 6.42. The molecule has 1 saturated heterocycles. The molecule has 0 aliphatic carbocycles. The van der Waals surface area contributed by atoms with E-state index in [-0.39, 0.29) is 5.82 Å². The predicted octanol–water partition coefficient (Wildman–Crippen LogP) is 4.31. The molecule has 1 aromatic carbocycles. The smallest absolute Gasteiger partial charge is 0.123 e. The van der Waals surface area contributed by atoms with Gasteiger partial charge in [-0.25, -0.2) is 9.07 Å². The Morgan fingerprint density at radius 1 is 1.21 bits per heavy atom. The second kappa shape index (κ2) is 8.27. The molecule has 0 radical (unpaired) electrons. The van der Waals surface area contributed by atoms with Crippen molar-refractivity contribution in [3.8, 4) is 5.69 Å². The number of halogens is 1. The van der Waals surface area contributed by atoms with Gasteiger partial charge < -0.3 is 0 Å². The number of benzene rings is 1. The molecule has 0 unspecified atom stereocenters. The molecular formula is C22H28FN5. The monoisotopic (exact) mass is 381 g/mol. The molecule has 1 fully saturated rings. The topological polar surface area (TPSA) is 49.7 Å². The summed E-state index contributed by atoms with van der Waals surface area (Å²) in [6.45, 7) is 7.53. The second-order valence-corrected chi connectivity index (χ2v) is 8.25. The molecule has 5 nitrogen and oxygen atoms in total. The molecule has 0 spiro atoms. The van der Waals surface area contributed by atoms with E-state index in [9.17, 15) is 4.39 Å². The Labute approximate surface area is 165 Å². The van der Waals surface area contributed by atoms with Gasteiger partial charge in [0.05, 0.1) is 18.1 Å². The van der Waals surface area contributed by atoms with Crippen LogP contribution in [0, 0.1) is 11.7 Å². The number of nitrogens with one attached hydrogen (secondary N) is 1. The van der Waals surface area contributed by atoms with E-state index in [1.165, 1.54) is 41.8 Å². The van der Waals surface area contributed by atoms with Crippen molar-refractivity contribution in [2.45, 2.75) is 45.6 Å². The quantitative estimate of drug-likeness (QED) is 0.692. The fraction of sp³-hybridized carbons (Fsp3) is 0.455. The van der Waals surface area contributed by atoms with E-state index < -0.39 is 0 Å². The summed E-state index contributed by atoms with van der Waals surface area (Å²) in [5.41, 5.74) is 4.74. The molecule has 2 aromatic heterocycles. The van der Waals surface area contributed by atoms with Crippen LogP contribution < -0.4 is 0 Å². The molecule has 0 amide bonds. The van der Waals surface area contributed by atoms with Gasteiger partial charge in [0.2, 0.25) is 0 Å².